The number of hydrogen-bond donors (Lipinski definition) is 2. The lowest BCUT2D eigenvalue weighted by molar-refractivity contribution is -0.143. The Kier molecular flexibility index (Phi) is 7.94. The fourth-order valence-corrected chi connectivity index (χ4v) is 4.69. The van der Waals surface area contributed by atoms with Crippen LogP contribution in [0.5, 0.6) is 0 Å². The van der Waals surface area contributed by atoms with Crippen LogP contribution in [0.3, 0.4) is 0 Å². The minimum Gasteiger partial charge on any atom is -0.469 e. The molecule has 2 amide bonds. The summed E-state index contributed by atoms with van der Waals surface area (Å²) in [5.74, 6) is -0.821. The molecule has 1 heterocycles. The lowest BCUT2D eigenvalue weighted by atomic mass is 9.79. The molecule has 174 valence electrons. The number of carbonyl (C=O) groups is 3. The lowest BCUT2D eigenvalue weighted by Crippen LogP contribution is -2.57. The number of rotatable bonds is 9. The van der Waals surface area contributed by atoms with E-state index in [1.54, 1.807) is 0 Å². The van der Waals surface area contributed by atoms with Gasteiger partial charge < -0.3 is 19.9 Å². The third kappa shape index (κ3) is 5.50. The first kappa shape index (κ1) is 23.8. The zero-order valence-corrected chi connectivity index (χ0v) is 19.4. The van der Waals surface area contributed by atoms with Crippen molar-refractivity contribution in [3.05, 3.63) is 36.0 Å². The van der Waals surface area contributed by atoms with Crippen LogP contribution < -0.4 is 10.6 Å². The summed E-state index contributed by atoms with van der Waals surface area (Å²) < 4.78 is 6.73. The number of fused-ring (bicyclic) bond motifs is 1. The largest absolute Gasteiger partial charge is 0.469 e. The summed E-state index contributed by atoms with van der Waals surface area (Å²) in [6, 6.07) is 9.00. The molecule has 0 radical (unpaired) electrons. The number of ether oxygens (including phenoxy) is 1. The summed E-state index contributed by atoms with van der Waals surface area (Å²) in [7, 11) is 3.22. The summed E-state index contributed by atoms with van der Waals surface area (Å²) >= 11 is 0. The lowest BCUT2D eigenvalue weighted by Gasteiger charge is -2.38. The van der Waals surface area contributed by atoms with Crippen LogP contribution in [0.2, 0.25) is 0 Å². The minimum atomic E-state index is -0.656. The fraction of sp³-hybridized carbons (Fsp3) is 0.560. The maximum absolute atomic E-state index is 13.3. The Balaban J connectivity index is 1.78. The Morgan fingerprint density at radius 1 is 1.16 bits per heavy atom. The highest BCUT2D eigenvalue weighted by molar-refractivity contribution is 6.00. The topological polar surface area (TPSA) is 89.4 Å². The maximum atomic E-state index is 13.3. The van der Waals surface area contributed by atoms with Gasteiger partial charge in [-0.05, 0) is 31.4 Å². The number of methoxy groups -OCH3 is 1. The molecule has 0 saturated heterocycles. The maximum Gasteiger partial charge on any atom is 0.307 e. The Hall–Kier alpha value is -2.83. The van der Waals surface area contributed by atoms with Crippen LogP contribution in [0.25, 0.3) is 10.9 Å². The van der Waals surface area contributed by atoms with Crippen molar-refractivity contribution in [3.63, 3.8) is 0 Å². The van der Waals surface area contributed by atoms with Gasteiger partial charge in [0.05, 0.1) is 19.1 Å². The van der Waals surface area contributed by atoms with Crippen molar-refractivity contribution < 1.29 is 19.1 Å². The number of aryl methyl sites for hydroxylation is 1. The van der Waals surface area contributed by atoms with Crippen molar-refractivity contribution in [3.8, 4) is 0 Å². The highest BCUT2D eigenvalue weighted by Crippen LogP contribution is 2.31. The minimum absolute atomic E-state index is 0.160. The number of benzene rings is 1. The van der Waals surface area contributed by atoms with Gasteiger partial charge in [-0.3, -0.25) is 14.4 Å². The second-order valence-electron chi connectivity index (χ2n) is 8.90. The normalized spacial score (nSPS) is 16.3. The van der Waals surface area contributed by atoms with E-state index in [0.717, 1.165) is 55.8 Å². The van der Waals surface area contributed by atoms with Gasteiger partial charge in [-0.1, -0.05) is 57.2 Å². The Bertz CT molecular complexity index is 959. The molecule has 1 aromatic heterocycles. The molecule has 1 saturated carbocycles. The van der Waals surface area contributed by atoms with Crippen LogP contribution in [-0.4, -0.2) is 41.0 Å². The van der Waals surface area contributed by atoms with Gasteiger partial charge in [-0.15, -0.1) is 0 Å². The van der Waals surface area contributed by atoms with Gasteiger partial charge in [0, 0.05) is 18.0 Å². The van der Waals surface area contributed by atoms with Crippen LogP contribution >= 0.6 is 0 Å². The van der Waals surface area contributed by atoms with Gasteiger partial charge in [0.2, 0.25) is 5.91 Å². The number of esters is 1. The monoisotopic (exact) mass is 441 g/mol. The average molecular weight is 442 g/mol. The molecular weight excluding hydrogens is 406 g/mol. The fourth-order valence-electron chi connectivity index (χ4n) is 4.69. The van der Waals surface area contributed by atoms with Crippen molar-refractivity contribution in [1.29, 1.82) is 0 Å². The molecule has 0 aliphatic heterocycles. The number of aromatic nitrogens is 1. The van der Waals surface area contributed by atoms with E-state index >= 15 is 0 Å². The molecule has 0 spiro atoms. The summed E-state index contributed by atoms with van der Waals surface area (Å²) in [4.78, 5) is 38.5. The standard InChI is InChI=1S/C25H35N3O4/c1-4-5-12-19(23(30)27-25(17-22(29)32-3)14-9-6-10-15-25)26-24(31)21-16-18-11-7-8-13-20(18)28(21)2/h7-8,11,13,16,19H,4-6,9-10,12,14-15,17H2,1-3H3,(H,26,31)(H,27,30)/t19-/m0/s1. The molecule has 1 fully saturated rings. The van der Waals surface area contributed by atoms with Gasteiger partial charge in [0.1, 0.15) is 11.7 Å². The second-order valence-corrected chi connectivity index (χ2v) is 8.90. The molecule has 2 N–H and O–H groups in total. The van der Waals surface area contributed by atoms with Gasteiger partial charge in [-0.25, -0.2) is 0 Å². The molecule has 7 heteroatoms. The van der Waals surface area contributed by atoms with Crippen LogP contribution in [0.15, 0.2) is 30.3 Å². The third-order valence-electron chi connectivity index (χ3n) is 6.56. The SMILES string of the molecule is CCCC[C@H](NC(=O)c1cc2ccccc2n1C)C(=O)NC1(CC(=O)OC)CCCCC1. The van der Waals surface area contributed by atoms with Gasteiger partial charge in [0.25, 0.3) is 5.91 Å². The third-order valence-corrected chi connectivity index (χ3v) is 6.56. The smallest absolute Gasteiger partial charge is 0.307 e. The molecular formula is C25H35N3O4. The van der Waals surface area contributed by atoms with Crippen LogP contribution in [0.1, 0.15) is 75.2 Å². The van der Waals surface area contributed by atoms with Gasteiger partial charge in [-0.2, -0.15) is 0 Å². The van der Waals surface area contributed by atoms with E-state index in [0.29, 0.717) is 12.1 Å². The number of para-hydroxylation sites is 1. The zero-order valence-electron chi connectivity index (χ0n) is 19.4. The molecule has 1 atom stereocenters. The average Bonchev–Trinajstić information content (AvgIpc) is 3.13. The molecule has 32 heavy (non-hydrogen) atoms. The molecule has 7 nitrogen and oxygen atoms in total. The van der Waals surface area contributed by atoms with Crippen molar-refractivity contribution in [2.24, 2.45) is 7.05 Å². The Morgan fingerprint density at radius 2 is 1.88 bits per heavy atom. The summed E-state index contributed by atoms with van der Waals surface area (Å²) in [5.41, 5.74) is 0.881. The number of nitrogens with zero attached hydrogens (tertiary/aromatic N) is 1. The first-order valence-corrected chi connectivity index (χ1v) is 11.6. The molecule has 1 aliphatic carbocycles. The van der Waals surface area contributed by atoms with E-state index < -0.39 is 11.6 Å². The van der Waals surface area contributed by atoms with Crippen LogP contribution in [0, 0.1) is 0 Å². The summed E-state index contributed by atoms with van der Waals surface area (Å²) in [6.07, 6.45) is 6.93. The van der Waals surface area contributed by atoms with Crippen molar-refractivity contribution in [1.82, 2.24) is 15.2 Å². The predicted octanol–water partition coefficient (Wildman–Crippen LogP) is 3.85. The van der Waals surface area contributed by atoms with Crippen LogP contribution in [-0.2, 0) is 21.4 Å². The Labute approximate surface area is 189 Å². The molecule has 3 rings (SSSR count). The van der Waals surface area contributed by atoms with E-state index in [1.807, 2.05) is 41.9 Å². The molecule has 2 aromatic rings. The number of carbonyl (C=O) groups excluding carboxylic acids is 3. The quantitative estimate of drug-likeness (QED) is 0.579. The number of nitrogens with one attached hydrogen (secondary N) is 2. The molecule has 0 bridgehead atoms. The molecule has 0 unspecified atom stereocenters. The highest BCUT2D eigenvalue weighted by atomic mass is 16.5. The molecule has 1 aliphatic rings. The first-order valence-electron chi connectivity index (χ1n) is 11.6. The van der Waals surface area contributed by atoms with E-state index in [9.17, 15) is 14.4 Å². The van der Waals surface area contributed by atoms with E-state index in [-0.39, 0.29) is 24.2 Å². The zero-order chi connectivity index (χ0) is 23.1. The predicted molar refractivity (Wildman–Crippen MR) is 124 cm³/mol. The highest BCUT2D eigenvalue weighted by Gasteiger charge is 2.38. The van der Waals surface area contributed by atoms with E-state index in [1.165, 1.54) is 7.11 Å². The van der Waals surface area contributed by atoms with Gasteiger partial charge >= 0.3 is 5.97 Å². The molecule has 1 aromatic carbocycles. The van der Waals surface area contributed by atoms with Crippen molar-refractivity contribution >= 4 is 28.7 Å². The van der Waals surface area contributed by atoms with Gasteiger partial charge in [0.15, 0.2) is 0 Å². The van der Waals surface area contributed by atoms with Crippen molar-refractivity contribution in [2.45, 2.75) is 76.3 Å². The van der Waals surface area contributed by atoms with E-state index in [2.05, 4.69) is 17.6 Å². The summed E-state index contributed by atoms with van der Waals surface area (Å²) in [6.45, 7) is 2.06. The first-order chi connectivity index (χ1) is 15.4. The summed E-state index contributed by atoms with van der Waals surface area (Å²) in [5, 5.41) is 7.08. The number of hydrogen-bond acceptors (Lipinski definition) is 4. The number of amides is 2. The Morgan fingerprint density at radius 3 is 2.53 bits per heavy atom. The number of unbranched alkanes of at least 4 members (excludes halogenated alkanes) is 1. The second kappa shape index (κ2) is 10.7. The van der Waals surface area contributed by atoms with Crippen LogP contribution in [0.4, 0.5) is 0 Å². The van der Waals surface area contributed by atoms with E-state index in [4.69, 9.17) is 4.74 Å². The van der Waals surface area contributed by atoms with Crippen molar-refractivity contribution in [2.75, 3.05) is 7.11 Å².